The first-order valence-electron chi connectivity index (χ1n) is 5.29. The molecule has 17 heavy (non-hydrogen) atoms. The third kappa shape index (κ3) is 2.61. The predicted octanol–water partition coefficient (Wildman–Crippen LogP) is 3.27. The molecule has 1 aliphatic heterocycles. The summed E-state index contributed by atoms with van der Waals surface area (Å²) in [6.07, 6.45) is 0.589. The normalized spacial score (nSPS) is 22.0. The Hall–Kier alpha value is -0.260. The zero-order valence-corrected chi connectivity index (χ0v) is 12.4. The smallest absolute Gasteiger partial charge is 0.155 e. The van der Waals surface area contributed by atoms with E-state index in [0.717, 1.165) is 16.7 Å². The lowest BCUT2D eigenvalue weighted by Crippen LogP contribution is -2.03. The molecular weight excluding hydrogens is 318 g/mol. The summed E-state index contributed by atoms with van der Waals surface area (Å²) in [5.74, 6) is 1.38. The number of aliphatic imine (C=N–C) groups is 1. The van der Waals surface area contributed by atoms with Crippen molar-refractivity contribution in [2.24, 2.45) is 4.99 Å². The molecule has 0 saturated carbocycles. The zero-order chi connectivity index (χ0) is 11.0. The van der Waals surface area contributed by atoms with Gasteiger partial charge in [0.25, 0.3) is 0 Å². The minimum atomic E-state index is -0.0134. The van der Waals surface area contributed by atoms with Crippen LogP contribution in [0.1, 0.15) is 16.4 Å². The van der Waals surface area contributed by atoms with Crippen LogP contribution in [-0.4, -0.2) is 22.5 Å². The molecule has 1 aromatic carbocycles. The number of ketones is 1. The predicted molar refractivity (Wildman–Crippen MR) is 80.6 cm³/mol. The Morgan fingerprint density at radius 2 is 2.18 bits per heavy atom. The van der Waals surface area contributed by atoms with Gasteiger partial charge in [-0.25, -0.2) is 0 Å². The van der Waals surface area contributed by atoms with Crippen LogP contribution in [0.15, 0.2) is 29.3 Å². The first kappa shape index (κ1) is 13.2. The fraction of sp³-hybridized carbons (Fsp3) is 0.333. The van der Waals surface area contributed by atoms with Crippen molar-refractivity contribution in [3.63, 3.8) is 0 Å². The summed E-state index contributed by atoms with van der Waals surface area (Å²) < 4.78 is 1.08. The van der Waals surface area contributed by atoms with Crippen LogP contribution in [0.4, 0.5) is 0 Å². The Morgan fingerprint density at radius 1 is 1.35 bits per heavy atom. The molecular formula is C12H12BrNOS2. The molecule has 1 heterocycles. The van der Waals surface area contributed by atoms with E-state index in [4.69, 9.17) is 0 Å². The van der Waals surface area contributed by atoms with E-state index in [1.807, 2.05) is 12.1 Å². The van der Waals surface area contributed by atoms with E-state index in [1.54, 1.807) is 23.5 Å². The number of carbonyl (C=O) groups excluding carboxylic acids is 1. The van der Waals surface area contributed by atoms with Crippen LogP contribution in [0.5, 0.6) is 0 Å². The van der Waals surface area contributed by atoms with Crippen molar-refractivity contribution in [3.05, 3.63) is 35.4 Å². The summed E-state index contributed by atoms with van der Waals surface area (Å²) in [4.78, 5) is 16.3. The van der Waals surface area contributed by atoms with Gasteiger partial charge in [0.2, 0.25) is 0 Å². The van der Waals surface area contributed by atoms with Crippen LogP contribution < -0.4 is 0 Å². The van der Waals surface area contributed by atoms with Gasteiger partial charge < -0.3 is 0 Å². The SMILES string of the molecule is Br.O=C1Cc2ccccc2C1SC1=NCCS1. The molecule has 3 rings (SSSR count). The van der Waals surface area contributed by atoms with Gasteiger partial charge in [-0.05, 0) is 11.1 Å². The minimum absolute atomic E-state index is 0. The highest BCUT2D eigenvalue weighted by Gasteiger charge is 2.32. The van der Waals surface area contributed by atoms with Crippen molar-refractivity contribution >= 4 is 50.7 Å². The van der Waals surface area contributed by atoms with Crippen LogP contribution in [-0.2, 0) is 11.2 Å². The highest BCUT2D eigenvalue weighted by atomic mass is 79.9. The lowest BCUT2D eigenvalue weighted by atomic mass is 10.1. The Labute approximate surface area is 119 Å². The molecule has 1 aromatic rings. The molecule has 0 fully saturated rings. The number of nitrogens with zero attached hydrogens (tertiary/aromatic N) is 1. The summed E-state index contributed by atoms with van der Waals surface area (Å²) >= 11 is 3.40. The van der Waals surface area contributed by atoms with E-state index >= 15 is 0 Å². The van der Waals surface area contributed by atoms with E-state index in [-0.39, 0.29) is 22.2 Å². The molecule has 5 heteroatoms. The molecule has 1 unspecified atom stereocenters. The van der Waals surface area contributed by atoms with Gasteiger partial charge in [0, 0.05) is 12.2 Å². The number of rotatable bonds is 1. The summed E-state index contributed by atoms with van der Waals surface area (Å²) in [5, 5.41) is -0.0134. The number of hydrogen-bond donors (Lipinski definition) is 0. The second kappa shape index (κ2) is 5.59. The van der Waals surface area contributed by atoms with Gasteiger partial charge in [-0.2, -0.15) is 0 Å². The van der Waals surface area contributed by atoms with E-state index in [0.29, 0.717) is 12.2 Å². The number of thioether (sulfide) groups is 2. The highest BCUT2D eigenvalue weighted by molar-refractivity contribution is 8.93. The number of carbonyl (C=O) groups is 1. The van der Waals surface area contributed by atoms with Crippen LogP contribution in [0.25, 0.3) is 0 Å². The summed E-state index contributed by atoms with van der Waals surface area (Å²) in [5.41, 5.74) is 2.38. The topological polar surface area (TPSA) is 29.4 Å². The van der Waals surface area contributed by atoms with Gasteiger partial charge in [0.15, 0.2) is 5.78 Å². The van der Waals surface area contributed by atoms with Crippen molar-refractivity contribution in [3.8, 4) is 0 Å². The van der Waals surface area contributed by atoms with E-state index in [2.05, 4.69) is 17.1 Å². The second-order valence-corrected chi connectivity index (χ2v) is 6.27. The average Bonchev–Trinajstić information content (AvgIpc) is 2.89. The second-order valence-electron chi connectivity index (χ2n) is 3.84. The third-order valence-corrected chi connectivity index (χ3v) is 5.26. The Kier molecular flexibility index (Phi) is 4.33. The van der Waals surface area contributed by atoms with Crippen LogP contribution >= 0.6 is 40.5 Å². The molecule has 0 amide bonds. The summed E-state index contributed by atoms with van der Waals surface area (Å²) in [7, 11) is 0. The van der Waals surface area contributed by atoms with Crippen molar-refractivity contribution in [2.45, 2.75) is 11.7 Å². The largest absolute Gasteiger partial charge is 0.298 e. The van der Waals surface area contributed by atoms with Gasteiger partial charge in [-0.15, -0.1) is 17.0 Å². The lowest BCUT2D eigenvalue weighted by Gasteiger charge is -2.08. The van der Waals surface area contributed by atoms with Crippen LogP contribution in [0.3, 0.4) is 0 Å². The fourth-order valence-electron chi connectivity index (χ4n) is 2.02. The van der Waals surface area contributed by atoms with Crippen LogP contribution in [0.2, 0.25) is 0 Å². The monoisotopic (exact) mass is 329 g/mol. The molecule has 0 radical (unpaired) electrons. The first-order valence-corrected chi connectivity index (χ1v) is 7.15. The third-order valence-electron chi connectivity index (χ3n) is 2.77. The lowest BCUT2D eigenvalue weighted by molar-refractivity contribution is -0.117. The quantitative estimate of drug-likeness (QED) is 0.791. The van der Waals surface area contributed by atoms with Gasteiger partial charge in [-0.3, -0.25) is 9.79 Å². The molecule has 2 nitrogen and oxygen atoms in total. The van der Waals surface area contributed by atoms with Gasteiger partial charge >= 0.3 is 0 Å². The number of Topliss-reactive ketones (excluding diaryl/α,β-unsaturated/α-hetero) is 1. The number of halogens is 1. The summed E-state index contributed by atoms with van der Waals surface area (Å²) in [6, 6.07) is 8.13. The van der Waals surface area contributed by atoms with Crippen molar-refractivity contribution in [1.29, 1.82) is 0 Å². The maximum Gasteiger partial charge on any atom is 0.155 e. The molecule has 0 N–H and O–H groups in total. The van der Waals surface area contributed by atoms with E-state index in [9.17, 15) is 4.79 Å². The van der Waals surface area contributed by atoms with Crippen molar-refractivity contribution < 1.29 is 4.79 Å². The van der Waals surface area contributed by atoms with Gasteiger partial charge in [0.05, 0.1) is 11.8 Å². The van der Waals surface area contributed by atoms with Crippen LogP contribution in [0, 0.1) is 0 Å². The molecule has 0 bridgehead atoms. The molecule has 2 aliphatic rings. The van der Waals surface area contributed by atoms with Crippen molar-refractivity contribution in [1.82, 2.24) is 0 Å². The molecule has 0 saturated heterocycles. The van der Waals surface area contributed by atoms with Gasteiger partial charge in [0.1, 0.15) is 4.38 Å². The fourth-order valence-corrected chi connectivity index (χ4v) is 4.31. The Bertz CT molecular complexity index is 475. The van der Waals surface area contributed by atoms with Gasteiger partial charge in [-0.1, -0.05) is 47.8 Å². The van der Waals surface area contributed by atoms with E-state index < -0.39 is 0 Å². The number of benzene rings is 1. The Balaban J connectivity index is 0.00000108. The molecule has 1 aliphatic carbocycles. The highest BCUT2D eigenvalue weighted by Crippen LogP contribution is 2.42. The minimum Gasteiger partial charge on any atom is -0.298 e. The first-order chi connectivity index (χ1) is 7.84. The molecule has 0 spiro atoms. The Morgan fingerprint density at radius 3 is 2.94 bits per heavy atom. The molecule has 1 atom stereocenters. The van der Waals surface area contributed by atoms with Crippen molar-refractivity contribution in [2.75, 3.05) is 12.3 Å². The number of hydrogen-bond acceptors (Lipinski definition) is 4. The summed E-state index contributed by atoms with van der Waals surface area (Å²) in [6.45, 7) is 0.898. The average molecular weight is 330 g/mol. The standard InChI is InChI=1S/C12H11NOS2.BrH/c14-10-7-8-3-1-2-4-9(8)11(10)16-12-13-5-6-15-12;/h1-4,11H,5-7H2;1H. The van der Waals surface area contributed by atoms with E-state index in [1.165, 1.54) is 11.1 Å². The maximum atomic E-state index is 11.9. The molecule has 90 valence electrons. The number of fused-ring (bicyclic) bond motifs is 1. The zero-order valence-electron chi connectivity index (χ0n) is 9.09. The molecule has 0 aromatic heterocycles. The maximum absolute atomic E-state index is 11.9.